The van der Waals surface area contributed by atoms with Gasteiger partial charge in [0.15, 0.2) is 5.69 Å². The number of carbonyl (C=O) groups excluding carboxylic acids is 1. The molecule has 1 fully saturated rings. The maximum atomic E-state index is 12.9. The third-order valence-corrected chi connectivity index (χ3v) is 4.82. The van der Waals surface area contributed by atoms with E-state index in [-0.39, 0.29) is 17.6 Å². The highest BCUT2D eigenvalue weighted by molar-refractivity contribution is 5.94. The van der Waals surface area contributed by atoms with Crippen LogP contribution >= 0.6 is 0 Å². The first-order valence-electron chi connectivity index (χ1n) is 9.39. The highest BCUT2D eigenvalue weighted by Crippen LogP contribution is 2.42. The van der Waals surface area contributed by atoms with Crippen molar-refractivity contribution in [1.29, 1.82) is 0 Å². The predicted molar refractivity (Wildman–Crippen MR) is 102 cm³/mol. The van der Waals surface area contributed by atoms with Gasteiger partial charge in [-0.3, -0.25) is 4.79 Å². The van der Waals surface area contributed by atoms with Crippen LogP contribution in [0.4, 0.5) is 8.78 Å². The number of halogens is 2. The van der Waals surface area contributed by atoms with Crippen molar-refractivity contribution in [2.45, 2.75) is 38.3 Å². The van der Waals surface area contributed by atoms with Crippen LogP contribution in [0.1, 0.15) is 53.5 Å². The molecule has 1 saturated carbocycles. The monoisotopic (exact) mass is 398 g/mol. The van der Waals surface area contributed by atoms with Gasteiger partial charge < -0.3 is 10.1 Å². The number of aromatic nitrogens is 3. The second-order valence-corrected chi connectivity index (χ2v) is 6.99. The van der Waals surface area contributed by atoms with Gasteiger partial charge in [-0.1, -0.05) is 35.5 Å². The molecule has 1 aliphatic rings. The van der Waals surface area contributed by atoms with E-state index in [2.05, 4.69) is 20.4 Å². The summed E-state index contributed by atoms with van der Waals surface area (Å²) in [7, 11) is 0. The van der Waals surface area contributed by atoms with Gasteiger partial charge in [-0.25, -0.2) is 4.68 Å². The van der Waals surface area contributed by atoms with Crippen LogP contribution in [0.25, 0.3) is 5.69 Å². The van der Waals surface area contributed by atoms with Crippen LogP contribution in [0, 0.1) is 0 Å². The van der Waals surface area contributed by atoms with Crippen molar-refractivity contribution in [2.75, 3.05) is 0 Å². The van der Waals surface area contributed by atoms with Crippen molar-refractivity contribution in [3.8, 4) is 11.4 Å². The summed E-state index contributed by atoms with van der Waals surface area (Å²) >= 11 is 0. The average molecular weight is 398 g/mol. The second-order valence-electron chi connectivity index (χ2n) is 6.99. The Bertz CT molecular complexity index is 1000. The lowest BCUT2D eigenvalue weighted by atomic mass is 10.1. The Morgan fingerprint density at radius 3 is 2.62 bits per heavy atom. The van der Waals surface area contributed by atoms with Gasteiger partial charge in [0.25, 0.3) is 5.91 Å². The van der Waals surface area contributed by atoms with E-state index in [9.17, 15) is 13.6 Å². The largest absolute Gasteiger partial charge is 0.435 e. The molecule has 1 aliphatic carbocycles. The first kappa shape index (κ1) is 19.0. The Labute approximate surface area is 166 Å². The zero-order chi connectivity index (χ0) is 20.4. The molecule has 0 bridgehead atoms. The van der Waals surface area contributed by atoms with Gasteiger partial charge in [0, 0.05) is 5.92 Å². The highest BCUT2D eigenvalue weighted by atomic mass is 19.3. The molecule has 150 valence electrons. The third-order valence-electron chi connectivity index (χ3n) is 4.82. The molecule has 1 amide bonds. The number of hydrogen-bond donors (Lipinski definition) is 1. The minimum absolute atomic E-state index is 0.0484. The first-order valence-corrected chi connectivity index (χ1v) is 9.39. The van der Waals surface area contributed by atoms with Gasteiger partial charge in [-0.05, 0) is 49.6 Å². The topological polar surface area (TPSA) is 69.0 Å². The Morgan fingerprint density at radius 1 is 1.17 bits per heavy atom. The fraction of sp³-hybridized carbons (Fsp3) is 0.286. The second kappa shape index (κ2) is 7.98. The fourth-order valence-corrected chi connectivity index (χ4v) is 3.24. The van der Waals surface area contributed by atoms with Crippen LogP contribution in [-0.2, 0) is 0 Å². The Kier molecular flexibility index (Phi) is 5.24. The Hall–Kier alpha value is -3.29. The predicted octanol–water partition coefficient (Wildman–Crippen LogP) is 4.24. The number of para-hydroxylation sites is 1. The lowest BCUT2D eigenvalue weighted by Gasteiger charge is -2.15. The average Bonchev–Trinajstić information content (AvgIpc) is 3.45. The van der Waals surface area contributed by atoms with Gasteiger partial charge in [0.2, 0.25) is 0 Å². The van der Waals surface area contributed by atoms with Crippen LogP contribution in [0.2, 0.25) is 0 Å². The number of benzene rings is 2. The number of nitrogens with one attached hydrogen (secondary N) is 1. The van der Waals surface area contributed by atoms with Gasteiger partial charge in [0.1, 0.15) is 5.75 Å². The summed E-state index contributed by atoms with van der Waals surface area (Å²) in [6.07, 6.45) is 1.98. The van der Waals surface area contributed by atoms with Crippen molar-refractivity contribution in [1.82, 2.24) is 20.3 Å². The SMILES string of the molecule is CC(NC(=O)c1nnn(-c2ccccc2)c1C1CC1)c1cccc(OC(F)F)c1. The molecule has 1 N–H and O–H groups in total. The summed E-state index contributed by atoms with van der Waals surface area (Å²) in [4.78, 5) is 12.9. The lowest BCUT2D eigenvalue weighted by molar-refractivity contribution is -0.0499. The molecule has 0 radical (unpaired) electrons. The number of carbonyl (C=O) groups is 1. The summed E-state index contributed by atoms with van der Waals surface area (Å²) in [5, 5.41) is 11.2. The molecule has 1 aromatic heterocycles. The summed E-state index contributed by atoms with van der Waals surface area (Å²) in [6.45, 7) is -1.12. The zero-order valence-electron chi connectivity index (χ0n) is 15.8. The molecular formula is C21H20F2N4O2. The molecule has 1 atom stereocenters. The normalized spacial score (nSPS) is 14.6. The van der Waals surface area contributed by atoms with Crippen LogP contribution in [0.15, 0.2) is 54.6 Å². The van der Waals surface area contributed by atoms with Crippen molar-refractivity contribution >= 4 is 5.91 Å². The summed E-state index contributed by atoms with van der Waals surface area (Å²) in [6, 6.07) is 15.4. The van der Waals surface area contributed by atoms with Crippen molar-refractivity contribution in [3.63, 3.8) is 0 Å². The van der Waals surface area contributed by atoms with E-state index in [4.69, 9.17) is 0 Å². The van der Waals surface area contributed by atoms with Gasteiger partial charge in [0.05, 0.1) is 17.4 Å². The summed E-state index contributed by atoms with van der Waals surface area (Å²) in [5.74, 6) is -0.0434. The van der Waals surface area contributed by atoms with Crippen molar-refractivity contribution in [2.24, 2.45) is 0 Å². The van der Waals surface area contributed by atoms with E-state index in [1.54, 1.807) is 23.7 Å². The van der Waals surface area contributed by atoms with Crippen LogP contribution in [0.5, 0.6) is 5.75 Å². The smallest absolute Gasteiger partial charge is 0.387 e. The standard InChI is InChI=1S/C21H20F2N4O2/c1-13(15-6-5-9-17(12-15)29-21(22)23)24-20(28)18-19(14-10-11-14)27(26-25-18)16-7-3-2-4-8-16/h2-9,12-14,21H,10-11H2,1H3,(H,24,28). The van der Waals surface area contributed by atoms with Crippen LogP contribution in [-0.4, -0.2) is 27.5 Å². The Balaban J connectivity index is 1.55. The molecule has 1 unspecified atom stereocenters. The van der Waals surface area contributed by atoms with E-state index in [0.29, 0.717) is 11.3 Å². The maximum Gasteiger partial charge on any atom is 0.387 e. The molecule has 8 heteroatoms. The van der Waals surface area contributed by atoms with Crippen molar-refractivity contribution < 1.29 is 18.3 Å². The number of nitrogens with zero attached hydrogens (tertiary/aromatic N) is 3. The molecule has 0 spiro atoms. The lowest BCUT2D eigenvalue weighted by Crippen LogP contribution is -2.28. The van der Waals surface area contributed by atoms with E-state index < -0.39 is 12.7 Å². The van der Waals surface area contributed by atoms with E-state index in [0.717, 1.165) is 24.2 Å². The van der Waals surface area contributed by atoms with Crippen LogP contribution < -0.4 is 10.1 Å². The maximum absolute atomic E-state index is 12.9. The molecule has 29 heavy (non-hydrogen) atoms. The summed E-state index contributed by atoms with van der Waals surface area (Å²) < 4.78 is 31.0. The molecule has 4 rings (SSSR count). The number of ether oxygens (including phenoxy) is 1. The van der Waals surface area contributed by atoms with Gasteiger partial charge >= 0.3 is 6.61 Å². The van der Waals surface area contributed by atoms with Crippen molar-refractivity contribution in [3.05, 3.63) is 71.5 Å². The van der Waals surface area contributed by atoms with E-state index >= 15 is 0 Å². The number of amides is 1. The van der Waals surface area contributed by atoms with E-state index in [1.807, 2.05) is 30.3 Å². The molecule has 3 aromatic rings. The molecule has 2 aromatic carbocycles. The zero-order valence-corrected chi connectivity index (χ0v) is 15.8. The minimum Gasteiger partial charge on any atom is -0.435 e. The third kappa shape index (κ3) is 4.26. The number of hydrogen-bond acceptors (Lipinski definition) is 4. The first-order chi connectivity index (χ1) is 14.0. The Morgan fingerprint density at radius 2 is 1.93 bits per heavy atom. The van der Waals surface area contributed by atoms with Crippen LogP contribution in [0.3, 0.4) is 0 Å². The molecule has 1 heterocycles. The number of rotatable bonds is 7. The fourth-order valence-electron chi connectivity index (χ4n) is 3.24. The minimum atomic E-state index is -2.90. The highest BCUT2D eigenvalue weighted by Gasteiger charge is 2.34. The summed E-state index contributed by atoms with van der Waals surface area (Å²) in [5.41, 5.74) is 2.60. The molecule has 0 saturated heterocycles. The van der Waals surface area contributed by atoms with E-state index in [1.165, 1.54) is 12.1 Å². The molecular weight excluding hydrogens is 378 g/mol. The quantitative estimate of drug-likeness (QED) is 0.646. The molecule has 0 aliphatic heterocycles. The van der Waals surface area contributed by atoms with Gasteiger partial charge in [-0.15, -0.1) is 5.10 Å². The number of alkyl halides is 2. The molecule has 6 nitrogen and oxygen atoms in total. The van der Waals surface area contributed by atoms with Gasteiger partial charge in [-0.2, -0.15) is 8.78 Å².